The van der Waals surface area contributed by atoms with Gasteiger partial charge in [-0.1, -0.05) is 12.1 Å². The predicted molar refractivity (Wildman–Crippen MR) is 81.3 cm³/mol. The molecule has 0 atom stereocenters. The van der Waals surface area contributed by atoms with E-state index in [1.807, 2.05) is 0 Å². The Kier molecular flexibility index (Phi) is 6.05. The van der Waals surface area contributed by atoms with Gasteiger partial charge in [0.15, 0.2) is 5.78 Å². The van der Waals surface area contributed by atoms with Crippen molar-refractivity contribution in [2.24, 2.45) is 0 Å². The van der Waals surface area contributed by atoms with Gasteiger partial charge < -0.3 is 10.2 Å². The summed E-state index contributed by atoms with van der Waals surface area (Å²) in [7, 11) is 5.04. The zero-order valence-electron chi connectivity index (χ0n) is 12.8. The Morgan fingerprint density at radius 1 is 1.10 bits per heavy atom. The highest BCUT2D eigenvalue weighted by Crippen LogP contribution is 2.11. The van der Waals surface area contributed by atoms with Gasteiger partial charge in [-0.15, -0.1) is 0 Å². The van der Waals surface area contributed by atoms with Gasteiger partial charge in [0.1, 0.15) is 0 Å². The number of carbonyl (C=O) groups excluding carboxylic acids is 3. The molecule has 1 aromatic rings. The number of rotatable bonds is 6. The van der Waals surface area contributed by atoms with Crippen molar-refractivity contribution in [2.75, 3.05) is 39.5 Å². The first-order chi connectivity index (χ1) is 9.79. The summed E-state index contributed by atoms with van der Waals surface area (Å²) in [6.07, 6.45) is 0. The number of hydrogen-bond donors (Lipinski definition) is 1. The van der Waals surface area contributed by atoms with Gasteiger partial charge in [0.2, 0.25) is 11.8 Å². The quantitative estimate of drug-likeness (QED) is 0.789. The Labute approximate surface area is 124 Å². The van der Waals surface area contributed by atoms with Gasteiger partial charge in [-0.25, -0.2) is 0 Å². The summed E-state index contributed by atoms with van der Waals surface area (Å²) in [5.74, 6) is -0.353. The van der Waals surface area contributed by atoms with Crippen molar-refractivity contribution >= 4 is 23.3 Å². The third-order valence-corrected chi connectivity index (χ3v) is 2.87. The molecular weight excluding hydrogens is 270 g/mol. The molecule has 1 aromatic carbocycles. The number of Topliss-reactive ketones (excluding diaryl/α,β-unsaturated/α-hetero) is 1. The molecule has 0 heterocycles. The second kappa shape index (κ2) is 7.54. The van der Waals surface area contributed by atoms with Crippen molar-refractivity contribution in [3.8, 4) is 0 Å². The van der Waals surface area contributed by atoms with Crippen LogP contribution in [0.4, 0.5) is 5.69 Å². The molecule has 0 aromatic heterocycles. The summed E-state index contributed by atoms with van der Waals surface area (Å²) < 4.78 is 0. The van der Waals surface area contributed by atoms with Crippen LogP contribution in [-0.2, 0) is 9.59 Å². The number of amides is 2. The third kappa shape index (κ3) is 5.74. The highest BCUT2D eigenvalue weighted by molar-refractivity contribution is 5.97. The van der Waals surface area contributed by atoms with Crippen LogP contribution in [0.15, 0.2) is 24.3 Å². The molecule has 0 aliphatic heterocycles. The van der Waals surface area contributed by atoms with E-state index >= 15 is 0 Å². The van der Waals surface area contributed by atoms with Crippen LogP contribution < -0.4 is 5.32 Å². The van der Waals surface area contributed by atoms with Gasteiger partial charge in [-0.2, -0.15) is 0 Å². The van der Waals surface area contributed by atoms with Crippen LogP contribution in [-0.4, -0.2) is 61.6 Å². The Balaban J connectivity index is 2.55. The first kappa shape index (κ1) is 16.8. The van der Waals surface area contributed by atoms with Crippen molar-refractivity contribution in [1.82, 2.24) is 9.80 Å². The number of benzene rings is 1. The normalized spacial score (nSPS) is 10.3. The molecule has 0 aliphatic rings. The minimum atomic E-state index is -0.232. The van der Waals surface area contributed by atoms with Gasteiger partial charge in [0.25, 0.3) is 0 Å². The Bertz CT molecular complexity index is 541. The Morgan fingerprint density at radius 3 is 2.33 bits per heavy atom. The van der Waals surface area contributed by atoms with Gasteiger partial charge in [-0.3, -0.25) is 19.3 Å². The summed E-state index contributed by atoms with van der Waals surface area (Å²) in [5, 5.41) is 2.71. The van der Waals surface area contributed by atoms with Crippen LogP contribution in [0.1, 0.15) is 17.3 Å². The summed E-state index contributed by atoms with van der Waals surface area (Å²) in [5.41, 5.74) is 1.11. The van der Waals surface area contributed by atoms with Gasteiger partial charge in [0.05, 0.1) is 13.1 Å². The third-order valence-electron chi connectivity index (χ3n) is 2.87. The lowest BCUT2D eigenvalue weighted by Crippen LogP contribution is -2.38. The molecule has 0 aliphatic carbocycles. The molecule has 1 N–H and O–H groups in total. The van der Waals surface area contributed by atoms with Crippen molar-refractivity contribution in [1.29, 1.82) is 0 Å². The number of nitrogens with zero attached hydrogens (tertiary/aromatic N) is 2. The molecule has 0 radical (unpaired) electrons. The van der Waals surface area contributed by atoms with E-state index < -0.39 is 0 Å². The largest absolute Gasteiger partial charge is 0.348 e. The molecule has 114 valence electrons. The number of likely N-dealkylation sites (N-methyl/N-ethyl adjacent to an activating group) is 2. The van der Waals surface area contributed by atoms with E-state index in [4.69, 9.17) is 0 Å². The zero-order valence-corrected chi connectivity index (χ0v) is 12.8. The van der Waals surface area contributed by atoms with Crippen molar-refractivity contribution in [3.63, 3.8) is 0 Å². The molecule has 2 amide bonds. The fourth-order valence-corrected chi connectivity index (χ4v) is 1.69. The highest BCUT2D eigenvalue weighted by atomic mass is 16.2. The van der Waals surface area contributed by atoms with Crippen LogP contribution in [0.2, 0.25) is 0 Å². The number of ketones is 1. The summed E-state index contributed by atoms with van der Waals surface area (Å²) in [4.78, 5) is 37.8. The van der Waals surface area contributed by atoms with E-state index in [2.05, 4.69) is 5.32 Å². The molecule has 21 heavy (non-hydrogen) atoms. The predicted octanol–water partition coefficient (Wildman–Crippen LogP) is 0.848. The molecular formula is C15H21N3O3. The maximum Gasteiger partial charge on any atom is 0.238 e. The lowest BCUT2D eigenvalue weighted by Gasteiger charge is -2.18. The fraction of sp³-hybridized carbons (Fsp3) is 0.400. The van der Waals surface area contributed by atoms with E-state index in [1.54, 1.807) is 50.3 Å². The SMILES string of the molecule is CC(=O)c1cccc(NC(=O)CN(C)CC(=O)N(C)C)c1. The molecule has 0 spiro atoms. The lowest BCUT2D eigenvalue weighted by molar-refractivity contribution is -0.130. The molecule has 0 fully saturated rings. The Hall–Kier alpha value is -2.21. The smallest absolute Gasteiger partial charge is 0.238 e. The molecule has 1 rings (SSSR count). The van der Waals surface area contributed by atoms with E-state index in [-0.39, 0.29) is 30.7 Å². The van der Waals surface area contributed by atoms with Crippen LogP contribution in [0.25, 0.3) is 0 Å². The maximum absolute atomic E-state index is 11.9. The molecule has 6 nitrogen and oxygen atoms in total. The van der Waals surface area contributed by atoms with Crippen LogP contribution in [0, 0.1) is 0 Å². The van der Waals surface area contributed by atoms with Crippen LogP contribution in [0.3, 0.4) is 0 Å². The number of hydrogen-bond acceptors (Lipinski definition) is 4. The van der Waals surface area contributed by atoms with Crippen molar-refractivity contribution in [3.05, 3.63) is 29.8 Å². The molecule has 0 saturated heterocycles. The van der Waals surface area contributed by atoms with Crippen LogP contribution in [0.5, 0.6) is 0 Å². The molecule has 0 saturated carbocycles. The summed E-state index contributed by atoms with van der Waals surface area (Å²) >= 11 is 0. The first-order valence-corrected chi connectivity index (χ1v) is 6.59. The summed E-state index contributed by atoms with van der Waals surface area (Å²) in [6.45, 7) is 1.75. The van der Waals surface area contributed by atoms with Crippen molar-refractivity contribution < 1.29 is 14.4 Å². The average Bonchev–Trinajstić information content (AvgIpc) is 2.38. The van der Waals surface area contributed by atoms with E-state index in [1.165, 1.54) is 11.8 Å². The second-order valence-corrected chi connectivity index (χ2v) is 5.15. The molecule has 6 heteroatoms. The zero-order chi connectivity index (χ0) is 16.0. The monoisotopic (exact) mass is 291 g/mol. The van der Waals surface area contributed by atoms with Gasteiger partial charge >= 0.3 is 0 Å². The topological polar surface area (TPSA) is 69.7 Å². The fourth-order valence-electron chi connectivity index (χ4n) is 1.69. The first-order valence-electron chi connectivity index (χ1n) is 6.59. The minimum absolute atomic E-state index is 0.0557. The number of nitrogens with one attached hydrogen (secondary N) is 1. The Morgan fingerprint density at radius 2 is 1.76 bits per heavy atom. The molecule has 0 bridgehead atoms. The van der Waals surface area contributed by atoms with E-state index in [0.717, 1.165) is 0 Å². The van der Waals surface area contributed by atoms with Crippen LogP contribution >= 0.6 is 0 Å². The van der Waals surface area contributed by atoms with E-state index in [9.17, 15) is 14.4 Å². The second-order valence-electron chi connectivity index (χ2n) is 5.15. The lowest BCUT2D eigenvalue weighted by atomic mass is 10.1. The number of anilines is 1. The van der Waals surface area contributed by atoms with Gasteiger partial charge in [0, 0.05) is 25.3 Å². The number of carbonyl (C=O) groups is 3. The maximum atomic E-state index is 11.9. The standard InChI is InChI=1S/C15H21N3O3/c1-11(19)12-6-5-7-13(8-12)16-14(20)9-18(4)10-15(21)17(2)3/h5-8H,9-10H2,1-4H3,(H,16,20). The van der Waals surface area contributed by atoms with Gasteiger partial charge in [-0.05, 0) is 26.1 Å². The van der Waals surface area contributed by atoms with Crippen molar-refractivity contribution in [2.45, 2.75) is 6.92 Å². The highest BCUT2D eigenvalue weighted by Gasteiger charge is 2.12. The average molecular weight is 291 g/mol. The molecule has 0 unspecified atom stereocenters. The minimum Gasteiger partial charge on any atom is -0.348 e. The van der Waals surface area contributed by atoms with E-state index in [0.29, 0.717) is 11.3 Å². The summed E-state index contributed by atoms with van der Waals surface area (Å²) in [6, 6.07) is 6.76.